The van der Waals surface area contributed by atoms with Gasteiger partial charge in [0.25, 0.3) is 0 Å². The molecule has 0 spiro atoms. The Balaban J connectivity index is 2.89. The molecule has 0 bridgehead atoms. The summed E-state index contributed by atoms with van der Waals surface area (Å²) >= 11 is 3.37. The Hall–Kier alpha value is -0.870. The van der Waals surface area contributed by atoms with Crippen molar-refractivity contribution in [1.29, 1.82) is 0 Å². The first-order valence-electron chi connectivity index (χ1n) is 6.47. The molecule has 106 valence electrons. The number of ether oxygens (including phenoxy) is 2. The van der Waals surface area contributed by atoms with Crippen LogP contribution in [0.15, 0.2) is 36.0 Å². The summed E-state index contributed by atoms with van der Waals surface area (Å²) in [6.07, 6.45) is 8.85. The second kappa shape index (κ2) is 8.33. The van der Waals surface area contributed by atoms with Crippen LogP contribution in [0.25, 0.3) is 0 Å². The van der Waals surface area contributed by atoms with E-state index in [4.69, 9.17) is 9.47 Å². The van der Waals surface area contributed by atoms with Gasteiger partial charge in [-0.2, -0.15) is 0 Å². The van der Waals surface area contributed by atoms with Gasteiger partial charge in [-0.05, 0) is 37.3 Å². The lowest BCUT2D eigenvalue weighted by molar-refractivity contribution is -0.139. The monoisotopic (exact) mass is 328 g/mol. The molecular formula is C15H21BrO3. The molecular weight excluding hydrogens is 308 g/mol. The summed E-state index contributed by atoms with van der Waals surface area (Å²) in [6, 6.07) is 0. The minimum absolute atomic E-state index is 0.00466. The number of rotatable bonds is 5. The maximum Gasteiger partial charge on any atom is 0.324 e. The second-order valence-electron chi connectivity index (χ2n) is 4.41. The maximum absolute atomic E-state index is 11.7. The van der Waals surface area contributed by atoms with E-state index in [-0.39, 0.29) is 12.1 Å². The van der Waals surface area contributed by atoms with Gasteiger partial charge in [-0.1, -0.05) is 40.7 Å². The number of hydrogen-bond acceptors (Lipinski definition) is 3. The average Bonchev–Trinajstić information content (AvgIpc) is 2.47. The van der Waals surface area contributed by atoms with Crippen molar-refractivity contribution < 1.29 is 14.3 Å². The Morgan fingerprint density at radius 3 is 2.79 bits per heavy atom. The molecule has 2 unspecified atom stereocenters. The zero-order valence-electron chi connectivity index (χ0n) is 11.5. The minimum Gasteiger partial charge on any atom is -0.468 e. The highest BCUT2D eigenvalue weighted by Crippen LogP contribution is 2.29. The number of hydrogen-bond donors (Lipinski definition) is 0. The number of carbonyl (C=O) groups excluding carboxylic acids is 1. The fourth-order valence-corrected chi connectivity index (χ4v) is 2.62. The smallest absolute Gasteiger partial charge is 0.324 e. The molecule has 1 heterocycles. The Bertz CT molecular complexity index is 379. The zero-order chi connectivity index (χ0) is 14.3. The Morgan fingerprint density at radius 2 is 2.26 bits per heavy atom. The Morgan fingerprint density at radius 1 is 1.53 bits per heavy atom. The summed E-state index contributed by atoms with van der Waals surface area (Å²) in [5, 5.41) is 0. The van der Waals surface area contributed by atoms with Crippen LogP contribution in [0.2, 0.25) is 0 Å². The first kappa shape index (κ1) is 16.2. The van der Waals surface area contributed by atoms with E-state index in [1.165, 1.54) is 7.11 Å². The summed E-state index contributed by atoms with van der Waals surface area (Å²) in [7, 11) is 1.38. The van der Waals surface area contributed by atoms with Crippen LogP contribution in [-0.2, 0) is 14.3 Å². The highest BCUT2D eigenvalue weighted by molar-refractivity contribution is 9.10. The fourth-order valence-electron chi connectivity index (χ4n) is 1.99. The second-order valence-corrected chi connectivity index (χ2v) is 5.33. The molecule has 0 amide bonds. The van der Waals surface area contributed by atoms with Gasteiger partial charge >= 0.3 is 5.97 Å². The van der Waals surface area contributed by atoms with E-state index in [0.29, 0.717) is 0 Å². The maximum atomic E-state index is 11.7. The van der Waals surface area contributed by atoms with Crippen LogP contribution < -0.4 is 0 Å². The molecule has 1 aliphatic heterocycles. The number of methoxy groups -OCH3 is 1. The van der Waals surface area contributed by atoms with Gasteiger partial charge in [0.15, 0.2) is 0 Å². The molecule has 3 nitrogen and oxygen atoms in total. The Kier molecular flexibility index (Phi) is 7.10. The van der Waals surface area contributed by atoms with Crippen molar-refractivity contribution in [3.05, 3.63) is 36.0 Å². The molecule has 0 N–H and O–H groups in total. The van der Waals surface area contributed by atoms with Crippen LogP contribution in [0, 0.1) is 0 Å². The van der Waals surface area contributed by atoms with Gasteiger partial charge < -0.3 is 9.47 Å². The molecule has 0 radical (unpaired) electrons. The average molecular weight is 329 g/mol. The molecule has 0 aromatic heterocycles. The van der Waals surface area contributed by atoms with Crippen molar-refractivity contribution in [1.82, 2.24) is 0 Å². The fraction of sp³-hybridized carbons (Fsp3) is 0.533. The topological polar surface area (TPSA) is 35.5 Å². The molecule has 0 aromatic rings. The minimum atomic E-state index is -0.508. The lowest BCUT2D eigenvalue weighted by Crippen LogP contribution is -2.27. The van der Waals surface area contributed by atoms with Gasteiger partial charge in [0.05, 0.1) is 13.2 Å². The standard InChI is InChI=1S/C15H21BrO3/c1-4-5-8-12(14(16)15(17)18-3)11(2)13-9-6-7-10-19-13/h4-5,8,13-14H,2,6-7,9-10H2,1,3H3/b5-4-,12-8+. The molecule has 0 aliphatic carbocycles. The van der Waals surface area contributed by atoms with Crippen molar-refractivity contribution in [3.63, 3.8) is 0 Å². The van der Waals surface area contributed by atoms with Crippen LogP contribution in [0.4, 0.5) is 0 Å². The number of carbonyl (C=O) groups is 1. The predicted molar refractivity (Wildman–Crippen MR) is 80.4 cm³/mol. The summed E-state index contributed by atoms with van der Waals surface area (Å²) in [5.41, 5.74) is 1.67. The lowest BCUT2D eigenvalue weighted by Gasteiger charge is -2.27. The normalized spacial score (nSPS) is 22.3. The molecule has 0 aromatic carbocycles. The van der Waals surface area contributed by atoms with E-state index < -0.39 is 4.83 Å². The number of allylic oxidation sites excluding steroid dienone is 3. The van der Waals surface area contributed by atoms with Crippen LogP contribution in [0.3, 0.4) is 0 Å². The van der Waals surface area contributed by atoms with E-state index in [9.17, 15) is 4.79 Å². The van der Waals surface area contributed by atoms with Crippen molar-refractivity contribution in [2.75, 3.05) is 13.7 Å². The quantitative estimate of drug-likeness (QED) is 0.440. The molecule has 1 rings (SSSR count). The van der Waals surface area contributed by atoms with E-state index in [0.717, 1.165) is 37.0 Å². The van der Waals surface area contributed by atoms with Gasteiger partial charge in [-0.3, -0.25) is 4.79 Å². The van der Waals surface area contributed by atoms with E-state index in [2.05, 4.69) is 22.5 Å². The summed E-state index contributed by atoms with van der Waals surface area (Å²) in [4.78, 5) is 11.2. The van der Waals surface area contributed by atoms with E-state index in [1.54, 1.807) is 0 Å². The summed E-state index contributed by atoms with van der Waals surface area (Å²) in [5.74, 6) is -0.326. The van der Waals surface area contributed by atoms with Gasteiger partial charge in [-0.15, -0.1) is 0 Å². The SMILES string of the molecule is C=C(/C(=C\C=C/C)C(Br)C(=O)OC)C1CCCCO1. The summed E-state index contributed by atoms with van der Waals surface area (Å²) in [6.45, 7) is 6.79. The van der Waals surface area contributed by atoms with Crippen LogP contribution >= 0.6 is 15.9 Å². The molecule has 19 heavy (non-hydrogen) atoms. The largest absolute Gasteiger partial charge is 0.468 e. The third-order valence-electron chi connectivity index (χ3n) is 3.09. The summed E-state index contributed by atoms with van der Waals surface area (Å²) < 4.78 is 10.5. The van der Waals surface area contributed by atoms with Crippen molar-refractivity contribution in [2.24, 2.45) is 0 Å². The Labute approximate surface area is 123 Å². The molecule has 0 saturated carbocycles. The molecule has 1 aliphatic rings. The molecule has 2 atom stereocenters. The number of alkyl halides is 1. The highest BCUT2D eigenvalue weighted by Gasteiger charge is 2.27. The van der Waals surface area contributed by atoms with Crippen LogP contribution in [0.5, 0.6) is 0 Å². The first-order valence-corrected chi connectivity index (χ1v) is 7.39. The van der Waals surface area contributed by atoms with Gasteiger partial charge in [0, 0.05) is 6.61 Å². The first-order chi connectivity index (χ1) is 9.11. The van der Waals surface area contributed by atoms with Crippen molar-refractivity contribution in [3.8, 4) is 0 Å². The third-order valence-corrected chi connectivity index (χ3v) is 3.96. The van der Waals surface area contributed by atoms with Crippen molar-refractivity contribution >= 4 is 21.9 Å². The number of halogens is 1. The molecule has 1 saturated heterocycles. The number of esters is 1. The van der Waals surface area contributed by atoms with Gasteiger partial charge in [0.2, 0.25) is 0 Å². The van der Waals surface area contributed by atoms with E-state index in [1.807, 2.05) is 25.2 Å². The lowest BCUT2D eigenvalue weighted by atomic mass is 9.94. The van der Waals surface area contributed by atoms with Gasteiger partial charge in [-0.25, -0.2) is 0 Å². The van der Waals surface area contributed by atoms with E-state index >= 15 is 0 Å². The highest BCUT2D eigenvalue weighted by atomic mass is 79.9. The third kappa shape index (κ3) is 4.62. The zero-order valence-corrected chi connectivity index (χ0v) is 13.1. The molecule has 1 fully saturated rings. The van der Waals surface area contributed by atoms with Crippen LogP contribution in [0.1, 0.15) is 26.2 Å². The van der Waals surface area contributed by atoms with Crippen molar-refractivity contribution in [2.45, 2.75) is 37.1 Å². The van der Waals surface area contributed by atoms with Crippen LogP contribution in [-0.4, -0.2) is 30.6 Å². The molecule has 4 heteroatoms. The predicted octanol–water partition coefficient (Wildman–Crippen LogP) is 3.55. The van der Waals surface area contributed by atoms with Gasteiger partial charge in [0.1, 0.15) is 4.83 Å².